The van der Waals surface area contributed by atoms with Crippen LogP contribution in [-0.4, -0.2) is 26.7 Å². The van der Waals surface area contributed by atoms with Crippen molar-refractivity contribution in [3.63, 3.8) is 0 Å². The molecule has 5 heteroatoms. The molecule has 0 bridgehead atoms. The van der Waals surface area contributed by atoms with Crippen molar-refractivity contribution in [3.8, 4) is 11.5 Å². The zero-order valence-electron chi connectivity index (χ0n) is 16.2. The van der Waals surface area contributed by atoms with E-state index in [1.54, 1.807) is 14.2 Å². The fourth-order valence-electron chi connectivity index (χ4n) is 2.54. The molecule has 140 valence electrons. The third kappa shape index (κ3) is 5.41. The van der Waals surface area contributed by atoms with E-state index in [2.05, 4.69) is 43.5 Å². The number of ether oxygens (including phenoxy) is 2. The average Bonchev–Trinajstić information content (AvgIpc) is 2.61. The van der Waals surface area contributed by atoms with Gasteiger partial charge in [0.1, 0.15) is 11.5 Å². The van der Waals surface area contributed by atoms with E-state index < -0.39 is 0 Å². The molecule has 0 unspecified atom stereocenters. The normalized spacial score (nSPS) is 11.0. The van der Waals surface area contributed by atoms with Crippen LogP contribution in [-0.2, 0) is 10.2 Å². The van der Waals surface area contributed by atoms with Crippen molar-refractivity contribution < 1.29 is 14.3 Å². The number of hydrogen-bond donors (Lipinski definition) is 2. The van der Waals surface area contributed by atoms with E-state index in [9.17, 15) is 4.79 Å². The van der Waals surface area contributed by atoms with E-state index in [1.165, 1.54) is 5.56 Å². The summed E-state index contributed by atoms with van der Waals surface area (Å²) in [6.07, 6.45) is 0.349. The standard InChI is InChI=1S/C21H28N2O3/c1-21(2,3)15-6-8-16(9-7-15)23-20(24)12-13-22-18-14-17(25-4)10-11-19(18)26-5/h6-11,14,22H,12-13H2,1-5H3,(H,23,24). The number of nitrogens with one attached hydrogen (secondary N) is 2. The molecule has 2 rings (SSSR count). The Morgan fingerprint density at radius 3 is 2.27 bits per heavy atom. The number of anilines is 2. The number of hydrogen-bond acceptors (Lipinski definition) is 4. The van der Waals surface area contributed by atoms with Crippen LogP contribution in [0.5, 0.6) is 11.5 Å². The Morgan fingerprint density at radius 1 is 1.00 bits per heavy atom. The molecule has 2 aromatic carbocycles. The SMILES string of the molecule is COc1ccc(OC)c(NCCC(=O)Nc2ccc(C(C)(C)C)cc2)c1. The van der Waals surface area contributed by atoms with Gasteiger partial charge in [-0.3, -0.25) is 4.79 Å². The second-order valence-electron chi connectivity index (χ2n) is 7.12. The lowest BCUT2D eigenvalue weighted by molar-refractivity contribution is -0.115. The first kappa shape index (κ1) is 19.6. The highest BCUT2D eigenvalue weighted by Crippen LogP contribution is 2.28. The lowest BCUT2D eigenvalue weighted by Crippen LogP contribution is -2.17. The van der Waals surface area contributed by atoms with Gasteiger partial charge in [-0.15, -0.1) is 0 Å². The molecule has 2 N–H and O–H groups in total. The summed E-state index contributed by atoms with van der Waals surface area (Å²) in [4.78, 5) is 12.2. The van der Waals surface area contributed by atoms with Crippen LogP contribution in [0.4, 0.5) is 11.4 Å². The second kappa shape index (κ2) is 8.61. The molecule has 0 aliphatic rings. The van der Waals surface area contributed by atoms with Gasteiger partial charge < -0.3 is 20.1 Å². The minimum absolute atomic E-state index is 0.0390. The summed E-state index contributed by atoms with van der Waals surface area (Å²) in [7, 11) is 3.23. The highest BCUT2D eigenvalue weighted by atomic mass is 16.5. The zero-order valence-corrected chi connectivity index (χ0v) is 16.2. The summed E-state index contributed by atoms with van der Waals surface area (Å²) in [5.74, 6) is 1.41. The largest absolute Gasteiger partial charge is 0.497 e. The van der Waals surface area contributed by atoms with Gasteiger partial charge in [-0.05, 0) is 35.2 Å². The molecule has 0 saturated heterocycles. The van der Waals surface area contributed by atoms with Crippen molar-refractivity contribution >= 4 is 17.3 Å². The van der Waals surface area contributed by atoms with Crippen molar-refractivity contribution in [2.45, 2.75) is 32.6 Å². The first-order valence-electron chi connectivity index (χ1n) is 8.70. The predicted octanol–water partition coefficient (Wildman–Crippen LogP) is 4.44. The van der Waals surface area contributed by atoms with Crippen molar-refractivity contribution in [1.29, 1.82) is 0 Å². The average molecular weight is 356 g/mol. The molecule has 0 atom stereocenters. The molecule has 5 nitrogen and oxygen atoms in total. The van der Waals surface area contributed by atoms with Gasteiger partial charge in [0.25, 0.3) is 0 Å². The van der Waals surface area contributed by atoms with Gasteiger partial charge in [-0.1, -0.05) is 32.9 Å². The third-order valence-corrected chi connectivity index (χ3v) is 4.11. The van der Waals surface area contributed by atoms with Gasteiger partial charge in [-0.25, -0.2) is 0 Å². The molecular formula is C21H28N2O3. The smallest absolute Gasteiger partial charge is 0.226 e. The quantitative estimate of drug-likeness (QED) is 0.770. The maximum absolute atomic E-state index is 12.2. The van der Waals surface area contributed by atoms with Gasteiger partial charge in [0.2, 0.25) is 5.91 Å². The van der Waals surface area contributed by atoms with Gasteiger partial charge in [-0.2, -0.15) is 0 Å². The number of carbonyl (C=O) groups is 1. The van der Waals surface area contributed by atoms with Gasteiger partial charge in [0.15, 0.2) is 0 Å². The molecule has 0 radical (unpaired) electrons. The van der Waals surface area contributed by atoms with Crippen LogP contribution in [0.2, 0.25) is 0 Å². The second-order valence-corrected chi connectivity index (χ2v) is 7.12. The van der Waals surface area contributed by atoms with E-state index in [1.807, 2.05) is 30.3 Å². The van der Waals surface area contributed by atoms with E-state index in [4.69, 9.17) is 9.47 Å². The summed E-state index contributed by atoms with van der Waals surface area (Å²) >= 11 is 0. The van der Waals surface area contributed by atoms with Crippen molar-refractivity contribution in [2.24, 2.45) is 0 Å². The molecule has 26 heavy (non-hydrogen) atoms. The molecule has 0 saturated carbocycles. The lowest BCUT2D eigenvalue weighted by Gasteiger charge is -2.19. The fraction of sp³-hybridized carbons (Fsp3) is 0.381. The van der Waals surface area contributed by atoms with E-state index in [0.717, 1.165) is 17.1 Å². The molecular weight excluding hydrogens is 328 g/mol. The number of amides is 1. The van der Waals surface area contributed by atoms with Crippen molar-refractivity contribution in [2.75, 3.05) is 31.4 Å². The van der Waals surface area contributed by atoms with Crippen LogP contribution in [0.15, 0.2) is 42.5 Å². The molecule has 1 amide bonds. The molecule has 0 fully saturated rings. The Labute approximate surface area is 155 Å². The van der Waals surface area contributed by atoms with Crippen LogP contribution < -0.4 is 20.1 Å². The summed E-state index contributed by atoms with van der Waals surface area (Å²) in [6.45, 7) is 6.99. The van der Waals surface area contributed by atoms with Gasteiger partial charge in [0, 0.05) is 24.7 Å². The fourth-order valence-corrected chi connectivity index (χ4v) is 2.54. The highest BCUT2D eigenvalue weighted by Gasteiger charge is 2.13. The Kier molecular flexibility index (Phi) is 6.50. The molecule has 2 aromatic rings. The number of carbonyl (C=O) groups excluding carboxylic acids is 1. The van der Waals surface area contributed by atoms with Gasteiger partial charge >= 0.3 is 0 Å². The molecule has 0 spiro atoms. The third-order valence-electron chi connectivity index (χ3n) is 4.11. The lowest BCUT2D eigenvalue weighted by atomic mass is 9.87. The van der Waals surface area contributed by atoms with Crippen molar-refractivity contribution in [3.05, 3.63) is 48.0 Å². The first-order chi connectivity index (χ1) is 12.3. The highest BCUT2D eigenvalue weighted by molar-refractivity contribution is 5.91. The number of benzene rings is 2. The summed E-state index contributed by atoms with van der Waals surface area (Å²) in [5.41, 5.74) is 2.95. The monoisotopic (exact) mass is 356 g/mol. The Morgan fingerprint density at radius 2 is 1.69 bits per heavy atom. The predicted molar refractivity (Wildman–Crippen MR) is 106 cm³/mol. The summed E-state index contributed by atoms with van der Waals surface area (Å²) in [5, 5.41) is 6.14. The van der Waals surface area contributed by atoms with E-state index in [0.29, 0.717) is 18.7 Å². The maximum atomic E-state index is 12.2. The Balaban J connectivity index is 1.87. The molecule has 0 aliphatic carbocycles. The van der Waals surface area contributed by atoms with Crippen LogP contribution in [0.3, 0.4) is 0 Å². The Bertz CT molecular complexity index is 734. The summed E-state index contributed by atoms with van der Waals surface area (Å²) < 4.78 is 10.5. The van der Waals surface area contributed by atoms with Gasteiger partial charge in [0.05, 0.1) is 19.9 Å². The van der Waals surface area contributed by atoms with Crippen LogP contribution in [0, 0.1) is 0 Å². The van der Waals surface area contributed by atoms with Crippen LogP contribution in [0.25, 0.3) is 0 Å². The van der Waals surface area contributed by atoms with Crippen molar-refractivity contribution in [1.82, 2.24) is 0 Å². The minimum atomic E-state index is -0.0390. The molecule has 0 heterocycles. The number of rotatable bonds is 7. The van der Waals surface area contributed by atoms with E-state index >= 15 is 0 Å². The first-order valence-corrected chi connectivity index (χ1v) is 8.70. The maximum Gasteiger partial charge on any atom is 0.226 e. The van der Waals surface area contributed by atoms with Crippen LogP contribution >= 0.6 is 0 Å². The zero-order chi connectivity index (χ0) is 19.2. The summed E-state index contributed by atoms with van der Waals surface area (Å²) in [6, 6.07) is 13.5. The van der Waals surface area contributed by atoms with Crippen LogP contribution in [0.1, 0.15) is 32.8 Å². The topological polar surface area (TPSA) is 59.6 Å². The molecule has 0 aromatic heterocycles. The minimum Gasteiger partial charge on any atom is -0.497 e. The molecule has 0 aliphatic heterocycles. The Hall–Kier alpha value is -2.69. The number of methoxy groups -OCH3 is 2. The van der Waals surface area contributed by atoms with E-state index in [-0.39, 0.29) is 11.3 Å².